The van der Waals surface area contributed by atoms with Gasteiger partial charge in [0.15, 0.2) is 0 Å². The Morgan fingerprint density at radius 3 is 2.93 bits per heavy atom. The van der Waals surface area contributed by atoms with E-state index in [1.807, 2.05) is 0 Å². The second-order valence-corrected chi connectivity index (χ2v) is 4.19. The van der Waals surface area contributed by atoms with E-state index in [4.69, 9.17) is 0 Å². The van der Waals surface area contributed by atoms with Crippen LogP contribution in [0.25, 0.3) is 0 Å². The van der Waals surface area contributed by atoms with Crippen LogP contribution in [0, 0.1) is 11.8 Å². The first-order chi connectivity index (χ1) is 6.95. The van der Waals surface area contributed by atoms with Crippen LogP contribution in [0.3, 0.4) is 0 Å². The molecule has 0 bridgehead atoms. The number of rotatable bonds is 0. The Labute approximate surface area is 85.0 Å². The predicted molar refractivity (Wildman–Crippen MR) is 59.8 cm³/mol. The zero-order chi connectivity index (χ0) is 9.38. The lowest BCUT2D eigenvalue weighted by molar-refractivity contribution is 0.470. The standard InChI is InChI=1S/C14H14/c1-3-7-13-11(5-1)9-10-12-6-2-4-8-14(12)13/h1-3,5-7,9-10,13-14H,4,8H2/t13-,14?/m0/s1. The molecular weight excluding hydrogens is 168 g/mol. The lowest BCUT2D eigenvalue weighted by atomic mass is 9.72. The van der Waals surface area contributed by atoms with E-state index in [0.717, 1.165) is 5.92 Å². The summed E-state index contributed by atoms with van der Waals surface area (Å²) >= 11 is 0. The van der Waals surface area contributed by atoms with Gasteiger partial charge in [0.25, 0.3) is 0 Å². The second-order valence-electron chi connectivity index (χ2n) is 4.19. The van der Waals surface area contributed by atoms with Crippen molar-refractivity contribution in [2.24, 2.45) is 11.8 Å². The van der Waals surface area contributed by atoms with Crippen molar-refractivity contribution >= 4 is 0 Å². The van der Waals surface area contributed by atoms with Crippen molar-refractivity contribution in [3.05, 3.63) is 59.8 Å². The van der Waals surface area contributed by atoms with Gasteiger partial charge in [0, 0.05) is 5.92 Å². The van der Waals surface area contributed by atoms with Crippen molar-refractivity contribution in [3.63, 3.8) is 0 Å². The molecule has 3 rings (SSSR count). The normalized spacial score (nSPS) is 33.1. The van der Waals surface area contributed by atoms with E-state index in [0.29, 0.717) is 5.92 Å². The van der Waals surface area contributed by atoms with Crippen molar-refractivity contribution in [2.75, 3.05) is 0 Å². The minimum Gasteiger partial charge on any atom is -0.0842 e. The smallest absolute Gasteiger partial charge is 0.00899 e. The van der Waals surface area contributed by atoms with Gasteiger partial charge in [0.1, 0.15) is 0 Å². The van der Waals surface area contributed by atoms with Crippen molar-refractivity contribution in [3.8, 4) is 0 Å². The SMILES string of the molecule is C1=CC2=CC=C3C=CCCC3[C@H]2C=C1. The van der Waals surface area contributed by atoms with Gasteiger partial charge < -0.3 is 0 Å². The van der Waals surface area contributed by atoms with E-state index >= 15 is 0 Å². The third-order valence-corrected chi connectivity index (χ3v) is 3.39. The third kappa shape index (κ3) is 1.14. The minimum atomic E-state index is 0.643. The van der Waals surface area contributed by atoms with Crippen LogP contribution in [0.2, 0.25) is 0 Å². The van der Waals surface area contributed by atoms with E-state index in [-0.39, 0.29) is 0 Å². The molecular formula is C14H14. The van der Waals surface area contributed by atoms with Crippen molar-refractivity contribution in [1.82, 2.24) is 0 Å². The van der Waals surface area contributed by atoms with Gasteiger partial charge in [-0.15, -0.1) is 0 Å². The maximum Gasteiger partial charge on any atom is 0.00899 e. The number of hydrogen-bond donors (Lipinski definition) is 0. The van der Waals surface area contributed by atoms with Crippen molar-refractivity contribution < 1.29 is 0 Å². The van der Waals surface area contributed by atoms with Crippen LogP contribution in [0.15, 0.2) is 59.8 Å². The highest BCUT2D eigenvalue weighted by molar-refractivity contribution is 5.45. The Bertz CT molecular complexity index is 388. The fourth-order valence-corrected chi connectivity index (χ4v) is 2.65. The van der Waals surface area contributed by atoms with Crippen LogP contribution in [-0.2, 0) is 0 Å². The third-order valence-electron chi connectivity index (χ3n) is 3.39. The molecule has 1 unspecified atom stereocenters. The molecule has 0 aliphatic heterocycles. The molecule has 0 heteroatoms. The first-order valence-electron chi connectivity index (χ1n) is 5.38. The summed E-state index contributed by atoms with van der Waals surface area (Å²) in [7, 11) is 0. The van der Waals surface area contributed by atoms with E-state index in [9.17, 15) is 0 Å². The van der Waals surface area contributed by atoms with Gasteiger partial charge in [0.2, 0.25) is 0 Å². The predicted octanol–water partition coefficient (Wildman–Crippen LogP) is 3.56. The van der Waals surface area contributed by atoms with Gasteiger partial charge in [0.05, 0.1) is 0 Å². The zero-order valence-corrected chi connectivity index (χ0v) is 8.19. The van der Waals surface area contributed by atoms with Gasteiger partial charge in [-0.3, -0.25) is 0 Å². The molecule has 0 aromatic rings. The van der Waals surface area contributed by atoms with E-state index in [1.165, 1.54) is 24.0 Å². The fourth-order valence-electron chi connectivity index (χ4n) is 2.65. The summed E-state index contributed by atoms with van der Waals surface area (Å²) in [4.78, 5) is 0. The maximum absolute atomic E-state index is 2.35. The molecule has 0 aromatic heterocycles. The summed E-state index contributed by atoms with van der Waals surface area (Å²) < 4.78 is 0. The van der Waals surface area contributed by atoms with Gasteiger partial charge in [-0.2, -0.15) is 0 Å². The van der Waals surface area contributed by atoms with Gasteiger partial charge in [-0.25, -0.2) is 0 Å². The maximum atomic E-state index is 2.35. The molecule has 3 aliphatic rings. The number of fused-ring (bicyclic) bond motifs is 3. The van der Waals surface area contributed by atoms with Crippen LogP contribution in [0.4, 0.5) is 0 Å². The highest BCUT2D eigenvalue weighted by Crippen LogP contribution is 2.40. The van der Waals surface area contributed by atoms with Gasteiger partial charge in [-0.05, 0) is 29.9 Å². The quantitative estimate of drug-likeness (QED) is 0.537. The average Bonchev–Trinajstić information content (AvgIpc) is 2.29. The average molecular weight is 182 g/mol. The van der Waals surface area contributed by atoms with E-state index in [2.05, 4.69) is 48.6 Å². The van der Waals surface area contributed by atoms with E-state index < -0.39 is 0 Å². The molecule has 70 valence electrons. The van der Waals surface area contributed by atoms with Crippen LogP contribution < -0.4 is 0 Å². The minimum absolute atomic E-state index is 0.643. The molecule has 0 heterocycles. The Morgan fingerprint density at radius 2 is 1.93 bits per heavy atom. The summed E-state index contributed by atoms with van der Waals surface area (Å²) in [6.45, 7) is 0. The molecule has 0 spiro atoms. The van der Waals surface area contributed by atoms with Crippen LogP contribution in [-0.4, -0.2) is 0 Å². The van der Waals surface area contributed by atoms with Crippen molar-refractivity contribution in [2.45, 2.75) is 12.8 Å². The molecule has 2 atom stereocenters. The molecule has 14 heavy (non-hydrogen) atoms. The Kier molecular flexibility index (Phi) is 1.80. The lowest BCUT2D eigenvalue weighted by Gasteiger charge is -2.32. The Hall–Kier alpha value is -1.30. The topological polar surface area (TPSA) is 0 Å². The number of allylic oxidation sites excluding steroid dienone is 10. The molecule has 0 amide bonds. The Morgan fingerprint density at radius 1 is 1.00 bits per heavy atom. The first kappa shape index (κ1) is 8.05. The van der Waals surface area contributed by atoms with Crippen LogP contribution >= 0.6 is 0 Å². The van der Waals surface area contributed by atoms with E-state index in [1.54, 1.807) is 0 Å². The largest absolute Gasteiger partial charge is 0.0842 e. The van der Waals surface area contributed by atoms with Crippen LogP contribution in [0.5, 0.6) is 0 Å². The summed E-state index contributed by atoms with van der Waals surface area (Å²) in [5.74, 6) is 1.38. The summed E-state index contributed by atoms with van der Waals surface area (Å²) in [5, 5.41) is 0. The zero-order valence-electron chi connectivity index (χ0n) is 8.19. The lowest BCUT2D eigenvalue weighted by Crippen LogP contribution is -2.21. The van der Waals surface area contributed by atoms with Gasteiger partial charge in [-0.1, -0.05) is 48.6 Å². The molecule has 0 radical (unpaired) electrons. The van der Waals surface area contributed by atoms with Crippen LogP contribution in [0.1, 0.15) is 12.8 Å². The molecule has 0 aromatic carbocycles. The highest BCUT2D eigenvalue weighted by Gasteiger charge is 2.28. The Balaban J connectivity index is 2.04. The summed E-state index contributed by atoms with van der Waals surface area (Å²) in [6.07, 6.45) is 20.6. The first-order valence-corrected chi connectivity index (χ1v) is 5.38. The van der Waals surface area contributed by atoms with Crippen molar-refractivity contribution in [1.29, 1.82) is 0 Å². The summed E-state index contributed by atoms with van der Waals surface area (Å²) in [6, 6.07) is 0. The molecule has 0 fully saturated rings. The molecule has 0 N–H and O–H groups in total. The number of hydrogen-bond acceptors (Lipinski definition) is 0. The monoisotopic (exact) mass is 182 g/mol. The molecule has 0 nitrogen and oxygen atoms in total. The molecule has 3 aliphatic carbocycles. The molecule has 0 saturated heterocycles. The highest BCUT2D eigenvalue weighted by atomic mass is 14.3. The second kappa shape index (κ2) is 3.13. The summed E-state index contributed by atoms with van der Waals surface area (Å²) in [5.41, 5.74) is 3.00. The molecule has 0 saturated carbocycles. The van der Waals surface area contributed by atoms with Gasteiger partial charge >= 0.3 is 0 Å². The fraction of sp³-hybridized carbons (Fsp3) is 0.286.